The van der Waals surface area contributed by atoms with Gasteiger partial charge >= 0.3 is 0 Å². The van der Waals surface area contributed by atoms with E-state index in [1.807, 2.05) is 37.5 Å². The molecule has 0 unspecified atom stereocenters. The number of rotatable bonds is 10. The fourth-order valence-electron chi connectivity index (χ4n) is 4.56. The predicted molar refractivity (Wildman–Crippen MR) is 150 cm³/mol. The van der Waals surface area contributed by atoms with Crippen LogP contribution in [0.4, 0.5) is 28.8 Å². The molecule has 4 aromatic rings. The van der Waals surface area contributed by atoms with Crippen molar-refractivity contribution < 1.29 is 14.3 Å². The molecule has 1 aliphatic rings. The highest BCUT2D eigenvalue weighted by Gasteiger charge is 2.16. The van der Waals surface area contributed by atoms with Gasteiger partial charge < -0.3 is 26.4 Å². The average molecular weight is 530 g/mol. The standard InChI is InChI=1S/C27H31N9O3/c1-17(37)30-23-14-18(8-9-24(23)39-13-12-36-10-3-4-11-36)31-27-29-15-19(25(28)38)26(33-27)32-21-6-5-7-22-20(21)16-35(2)34-22/h5-9,14-16H,3-4,10-13H2,1-2H3,(H2,28,38)(H,30,37)(H2,29,31,32,33). The largest absolute Gasteiger partial charge is 0.490 e. The van der Waals surface area contributed by atoms with E-state index in [0.29, 0.717) is 23.7 Å². The lowest BCUT2D eigenvalue weighted by Gasteiger charge is -2.17. The number of nitrogens with zero attached hydrogens (tertiary/aromatic N) is 5. The summed E-state index contributed by atoms with van der Waals surface area (Å²) in [6.45, 7) is 4.99. The number of likely N-dealkylation sites (tertiary alicyclic amines) is 1. The second kappa shape index (κ2) is 11.4. The zero-order chi connectivity index (χ0) is 27.4. The lowest BCUT2D eigenvalue weighted by molar-refractivity contribution is -0.114. The molecule has 1 saturated heterocycles. The zero-order valence-corrected chi connectivity index (χ0v) is 21.9. The Labute approximate surface area is 225 Å². The molecule has 5 N–H and O–H groups in total. The molecule has 0 radical (unpaired) electrons. The third kappa shape index (κ3) is 6.24. The summed E-state index contributed by atoms with van der Waals surface area (Å²) in [6, 6.07) is 11.0. The van der Waals surface area contributed by atoms with Crippen molar-refractivity contribution in [2.45, 2.75) is 19.8 Å². The van der Waals surface area contributed by atoms with E-state index in [-0.39, 0.29) is 23.2 Å². The molecule has 2 amide bonds. The minimum absolute atomic E-state index is 0.141. The lowest BCUT2D eigenvalue weighted by atomic mass is 10.2. The molecule has 5 rings (SSSR count). The summed E-state index contributed by atoms with van der Waals surface area (Å²) < 4.78 is 7.70. The van der Waals surface area contributed by atoms with Gasteiger partial charge in [-0.3, -0.25) is 19.2 Å². The number of hydrogen-bond acceptors (Lipinski definition) is 9. The van der Waals surface area contributed by atoms with E-state index in [1.54, 1.807) is 16.8 Å². The van der Waals surface area contributed by atoms with Crippen LogP contribution >= 0.6 is 0 Å². The van der Waals surface area contributed by atoms with E-state index in [0.717, 1.165) is 36.2 Å². The number of nitrogens with one attached hydrogen (secondary N) is 3. The maximum absolute atomic E-state index is 12.1. The minimum Gasteiger partial charge on any atom is -0.490 e. The first-order valence-electron chi connectivity index (χ1n) is 12.8. The van der Waals surface area contributed by atoms with Crippen molar-refractivity contribution in [2.24, 2.45) is 12.8 Å². The summed E-state index contributed by atoms with van der Waals surface area (Å²) in [5, 5.41) is 14.4. The van der Waals surface area contributed by atoms with E-state index in [1.165, 1.54) is 26.0 Å². The van der Waals surface area contributed by atoms with Gasteiger partial charge in [-0.25, -0.2) is 4.98 Å². The molecule has 0 spiro atoms. The number of anilines is 5. The molecule has 1 fully saturated rings. The van der Waals surface area contributed by atoms with Crippen LogP contribution in [0.5, 0.6) is 5.75 Å². The normalized spacial score (nSPS) is 13.4. The average Bonchev–Trinajstić information content (AvgIpc) is 3.54. The Morgan fingerprint density at radius 3 is 2.69 bits per heavy atom. The summed E-state index contributed by atoms with van der Waals surface area (Å²) in [5.41, 5.74) is 8.41. The van der Waals surface area contributed by atoms with Crippen LogP contribution in [-0.4, -0.2) is 62.7 Å². The van der Waals surface area contributed by atoms with E-state index in [9.17, 15) is 9.59 Å². The number of amides is 2. The first-order chi connectivity index (χ1) is 18.9. The van der Waals surface area contributed by atoms with Gasteiger partial charge in [0, 0.05) is 44.0 Å². The van der Waals surface area contributed by atoms with Crippen LogP contribution in [-0.2, 0) is 11.8 Å². The molecule has 12 heteroatoms. The van der Waals surface area contributed by atoms with Gasteiger partial charge in [0.25, 0.3) is 5.91 Å². The van der Waals surface area contributed by atoms with E-state index in [2.05, 4.69) is 35.9 Å². The number of aromatic nitrogens is 4. The van der Waals surface area contributed by atoms with E-state index < -0.39 is 5.91 Å². The number of aryl methyl sites for hydroxylation is 1. The lowest BCUT2D eigenvalue weighted by Crippen LogP contribution is -2.25. The van der Waals surface area contributed by atoms with Crippen molar-refractivity contribution in [3.8, 4) is 5.75 Å². The minimum atomic E-state index is -0.661. The molecule has 202 valence electrons. The molecule has 39 heavy (non-hydrogen) atoms. The molecule has 2 aromatic carbocycles. The molecule has 12 nitrogen and oxygen atoms in total. The highest BCUT2D eigenvalue weighted by atomic mass is 16.5. The van der Waals surface area contributed by atoms with Gasteiger partial charge in [-0.05, 0) is 56.3 Å². The van der Waals surface area contributed by atoms with Gasteiger partial charge in [0.15, 0.2) is 0 Å². The summed E-state index contributed by atoms with van der Waals surface area (Å²) in [7, 11) is 1.84. The van der Waals surface area contributed by atoms with Crippen molar-refractivity contribution in [3.05, 3.63) is 54.4 Å². The molecule has 3 heterocycles. The van der Waals surface area contributed by atoms with Gasteiger partial charge in [0.1, 0.15) is 23.7 Å². The van der Waals surface area contributed by atoms with Crippen molar-refractivity contribution >= 4 is 51.5 Å². The number of nitrogens with two attached hydrogens (primary N) is 1. The van der Waals surface area contributed by atoms with E-state index >= 15 is 0 Å². The zero-order valence-electron chi connectivity index (χ0n) is 21.9. The summed E-state index contributed by atoms with van der Waals surface area (Å²) in [6.07, 6.45) is 5.68. The second-order valence-corrected chi connectivity index (χ2v) is 9.40. The van der Waals surface area contributed by atoms with Gasteiger partial charge in [0.05, 0.1) is 16.9 Å². The van der Waals surface area contributed by atoms with Crippen LogP contribution in [0.3, 0.4) is 0 Å². The number of benzene rings is 2. The second-order valence-electron chi connectivity index (χ2n) is 9.40. The maximum Gasteiger partial charge on any atom is 0.254 e. The Bertz CT molecular complexity index is 1510. The molecule has 0 bridgehead atoms. The van der Waals surface area contributed by atoms with Crippen LogP contribution in [0, 0.1) is 0 Å². The maximum atomic E-state index is 12.1. The highest BCUT2D eigenvalue weighted by molar-refractivity contribution is 6.00. The molecule has 0 atom stereocenters. The molecular weight excluding hydrogens is 498 g/mol. The van der Waals surface area contributed by atoms with E-state index in [4.69, 9.17) is 10.5 Å². The Hall–Kier alpha value is -4.71. The van der Waals surface area contributed by atoms with Crippen molar-refractivity contribution in [1.29, 1.82) is 0 Å². The number of carbonyl (C=O) groups excluding carboxylic acids is 2. The smallest absolute Gasteiger partial charge is 0.254 e. The fraction of sp³-hybridized carbons (Fsp3) is 0.296. The van der Waals surface area contributed by atoms with Crippen LogP contribution in [0.2, 0.25) is 0 Å². The molecular formula is C27H31N9O3. The fourth-order valence-corrected chi connectivity index (χ4v) is 4.56. The number of ether oxygens (including phenoxy) is 1. The van der Waals surface area contributed by atoms with Gasteiger partial charge in [-0.15, -0.1) is 0 Å². The Morgan fingerprint density at radius 2 is 1.92 bits per heavy atom. The summed E-state index contributed by atoms with van der Waals surface area (Å²) in [5.74, 6) is 0.185. The first kappa shape index (κ1) is 25.9. The third-order valence-corrected chi connectivity index (χ3v) is 6.38. The topological polar surface area (TPSA) is 152 Å². The summed E-state index contributed by atoms with van der Waals surface area (Å²) in [4.78, 5) is 35.1. The number of carbonyl (C=O) groups is 2. The van der Waals surface area contributed by atoms with Gasteiger partial charge in [-0.1, -0.05) is 6.07 Å². The number of primary amides is 1. The highest BCUT2D eigenvalue weighted by Crippen LogP contribution is 2.31. The SMILES string of the molecule is CC(=O)Nc1cc(Nc2ncc(C(N)=O)c(Nc3cccc4nn(C)cc34)n2)ccc1OCCN1CCCC1. The Balaban J connectivity index is 1.37. The Morgan fingerprint density at radius 1 is 1.10 bits per heavy atom. The number of hydrogen-bond donors (Lipinski definition) is 4. The van der Waals surface area contributed by atoms with Crippen LogP contribution in [0.25, 0.3) is 10.9 Å². The first-order valence-corrected chi connectivity index (χ1v) is 12.8. The molecule has 1 aliphatic heterocycles. The number of fused-ring (bicyclic) bond motifs is 1. The van der Waals surface area contributed by atoms with Crippen LogP contribution < -0.4 is 26.4 Å². The quantitative estimate of drug-likeness (QED) is 0.242. The van der Waals surface area contributed by atoms with Crippen molar-refractivity contribution in [1.82, 2.24) is 24.6 Å². The predicted octanol–water partition coefficient (Wildman–Crippen LogP) is 3.38. The van der Waals surface area contributed by atoms with Gasteiger partial charge in [-0.2, -0.15) is 10.1 Å². The molecule has 0 saturated carbocycles. The molecule has 2 aromatic heterocycles. The van der Waals surface area contributed by atoms with Gasteiger partial charge in [0.2, 0.25) is 11.9 Å². The van der Waals surface area contributed by atoms with Crippen molar-refractivity contribution in [2.75, 3.05) is 42.2 Å². The summed E-state index contributed by atoms with van der Waals surface area (Å²) >= 11 is 0. The van der Waals surface area contributed by atoms with Crippen LogP contribution in [0.1, 0.15) is 30.1 Å². The third-order valence-electron chi connectivity index (χ3n) is 6.38. The molecule has 0 aliphatic carbocycles. The van der Waals surface area contributed by atoms with Crippen molar-refractivity contribution in [3.63, 3.8) is 0 Å². The monoisotopic (exact) mass is 529 g/mol. The van der Waals surface area contributed by atoms with Crippen LogP contribution in [0.15, 0.2) is 48.8 Å². The Kier molecular flexibility index (Phi) is 7.55.